The van der Waals surface area contributed by atoms with E-state index in [9.17, 15) is 10.2 Å². The van der Waals surface area contributed by atoms with Crippen LogP contribution in [-0.4, -0.2) is 70.9 Å². The van der Waals surface area contributed by atoms with Gasteiger partial charge in [-0.1, -0.05) is 12.1 Å². The molecule has 33 heavy (non-hydrogen) atoms. The van der Waals surface area contributed by atoms with E-state index in [1.165, 1.54) is 5.57 Å². The topological polar surface area (TPSA) is 112 Å². The van der Waals surface area contributed by atoms with Gasteiger partial charge in [0, 0.05) is 35.5 Å². The summed E-state index contributed by atoms with van der Waals surface area (Å²) >= 11 is 0. The van der Waals surface area contributed by atoms with Crippen molar-refractivity contribution >= 4 is 17.1 Å². The van der Waals surface area contributed by atoms with Gasteiger partial charge in [-0.05, 0) is 57.9 Å². The molecule has 2 heterocycles. The van der Waals surface area contributed by atoms with Crippen LogP contribution in [0.4, 0.5) is 5.82 Å². The van der Waals surface area contributed by atoms with E-state index in [2.05, 4.69) is 22.5 Å². The van der Waals surface area contributed by atoms with Crippen LogP contribution in [-0.2, 0) is 0 Å². The van der Waals surface area contributed by atoms with Crippen LogP contribution in [0.1, 0.15) is 38.8 Å². The first kappa shape index (κ1) is 23.4. The summed E-state index contributed by atoms with van der Waals surface area (Å²) in [5.41, 5.74) is 4.91. The maximum atomic E-state index is 9.94. The van der Waals surface area contributed by atoms with Gasteiger partial charge in [0.15, 0.2) is 5.82 Å². The van der Waals surface area contributed by atoms with Gasteiger partial charge in [0.05, 0.1) is 18.3 Å². The van der Waals surface area contributed by atoms with Crippen LogP contribution in [0, 0.1) is 0 Å². The molecule has 3 atom stereocenters. The average molecular weight is 452 g/mol. The molecular weight excluding hydrogens is 418 g/mol. The molecule has 176 valence electrons. The fourth-order valence-electron chi connectivity index (χ4n) is 4.40. The molecule has 1 aromatic heterocycles. The predicted octanol–water partition coefficient (Wildman–Crippen LogP) is 2.68. The van der Waals surface area contributed by atoms with Gasteiger partial charge in [-0.25, -0.2) is 9.97 Å². The molecule has 4 N–H and O–H groups in total. The molecule has 1 aliphatic heterocycles. The van der Waals surface area contributed by atoms with Crippen LogP contribution in [0.25, 0.3) is 17.0 Å². The second-order valence-electron chi connectivity index (χ2n) is 8.88. The van der Waals surface area contributed by atoms with E-state index in [0.717, 1.165) is 47.6 Å². The minimum absolute atomic E-state index is 0.187. The molecule has 8 nitrogen and oxygen atoms in total. The van der Waals surface area contributed by atoms with Crippen molar-refractivity contribution in [3.05, 3.63) is 41.6 Å². The summed E-state index contributed by atoms with van der Waals surface area (Å²) in [5.74, 6) is 1.98. The molecule has 1 unspecified atom stereocenters. The number of ether oxygens (including phenoxy) is 1. The molecule has 0 saturated heterocycles. The summed E-state index contributed by atoms with van der Waals surface area (Å²) < 4.78 is 5.78. The van der Waals surface area contributed by atoms with Crippen LogP contribution in [0.2, 0.25) is 0 Å². The lowest BCUT2D eigenvalue weighted by Gasteiger charge is -2.16. The molecular formula is C25H33N5O3. The maximum Gasteiger partial charge on any atom is 0.162 e. The Labute approximate surface area is 194 Å². The van der Waals surface area contributed by atoms with Gasteiger partial charge in [0.25, 0.3) is 0 Å². The van der Waals surface area contributed by atoms with E-state index in [1.54, 1.807) is 7.05 Å². The number of hydrogen-bond acceptors (Lipinski definition) is 8. The Morgan fingerprint density at radius 3 is 2.73 bits per heavy atom. The molecule has 0 radical (unpaired) electrons. The zero-order valence-corrected chi connectivity index (χ0v) is 19.5. The Kier molecular flexibility index (Phi) is 7.37. The van der Waals surface area contributed by atoms with Crippen molar-refractivity contribution in [2.24, 2.45) is 4.99 Å². The third-order valence-electron chi connectivity index (χ3n) is 6.06. The number of likely N-dealkylation sites (N-methyl/N-ethyl adjacent to an activating group) is 1. The summed E-state index contributed by atoms with van der Waals surface area (Å²) in [6, 6.07) is 9.77. The predicted molar refractivity (Wildman–Crippen MR) is 131 cm³/mol. The number of allylic oxidation sites excluding steroid dienone is 1. The van der Waals surface area contributed by atoms with Crippen LogP contribution < -0.4 is 15.4 Å². The minimum Gasteiger partial charge on any atom is -0.491 e. The Balaban J connectivity index is 1.65. The summed E-state index contributed by atoms with van der Waals surface area (Å²) in [7, 11) is 1.79. The Morgan fingerprint density at radius 2 is 2.03 bits per heavy atom. The van der Waals surface area contributed by atoms with Gasteiger partial charge in [-0.2, -0.15) is 0 Å². The third-order valence-corrected chi connectivity index (χ3v) is 6.06. The molecule has 2 aliphatic rings. The standard InChI is InChI=1S/C25H33N5O3/c1-15-12-27-16(2)24(15)22-11-23(28-18-7-8-19(31)10-18)30-25(29-22)17-5-4-6-21(9-17)33-14-20(32)13-26-3/h4-6,9,11,18-20,26,31-32H,7-8,10,12-14H2,1-3H3,(H,28,29,30)/t18-,19-,20?/m1/s1. The van der Waals surface area contributed by atoms with Crippen molar-refractivity contribution in [1.29, 1.82) is 0 Å². The van der Waals surface area contributed by atoms with Gasteiger partial charge in [0.1, 0.15) is 24.3 Å². The molecule has 8 heteroatoms. The van der Waals surface area contributed by atoms with Gasteiger partial charge in [0.2, 0.25) is 0 Å². The number of aliphatic hydroxyl groups is 2. The number of nitrogens with zero attached hydrogens (tertiary/aromatic N) is 3. The number of hydrogen-bond donors (Lipinski definition) is 4. The third kappa shape index (κ3) is 5.76. The first-order chi connectivity index (χ1) is 15.9. The van der Waals surface area contributed by atoms with E-state index < -0.39 is 6.10 Å². The van der Waals surface area contributed by atoms with Crippen molar-refractivity contribution < 1.29 is 14.9 Å². The van der Waals surface area contributed by atoms with Crippen molar-refractivity contribution in [2.45, 2.75) is 51.4 Å². The number of anilines is 1. The Bertz CT molecular complexity index is 1050. The number of aliphatic imine (C=N–C) groups is 1. The highest BCUT2D eigenvalue weighted by atomic mass is 16.5. The lowest BCUT2D eigenvalue weighted by molar-refractivity contribution is 0.108. The molecule has 2 aromatic rings. The van der Waals surface area contributed by atoms with Crippen molar-refractivity contribution in [3.8, 4) is 17.1 Å². The molecule has 1 saturated carbocycles. The van der Waals surface area contributed by atoms with Crippen molar-refractivity contribution in [2.75, 3.05) is 32.1 Å². The quantitative estimate of drug-likeness (QED) is 0.464. The lowest BCUT2D eigenvalue weighted by Crippen LogP contribution is -2.29. The fourth-order valence-corrected chi connectivity index (χ4v) is 4.40. The Hall–Kier alpha value is -2.81. The summed E-state index contributed by atoms with van der Waals surface area (Å²) in [6.45, 7) is 5.45. The zero-order chi connectivity index (χ0) is 23.4. The highest BCUT2D eigenvalue weighted by Crippen LogP contribution is 2.30. The molecule has 1 aliphatic carbocycles. The molecule has 0 bridgehead atoms. The van der Waals surface area contributed by atoms with E-state index in [4.69, 9.17) is 14.7 Å². The van der Waals surface area contributed by atoms with Gasteiger partial charge < -0.3 is 25.6 Å². The van der Waals surface area contributed by atoms with Crippen LogP contribution in [0.3, 0.4) is 0 Å². The Morgan fingerprint density at radius 1 is 1.18 bits per heavy atom. The average Bonchev–Trinajstić information content (AvgIpc) is 3.36. The molecule has 1 aromatic carbocycles. The first-order valence-corrected chi connectivity index (χ1v) is 11.5. The maximum absolute atomic E-state index is 9.94. The van der Waals surface area contributed by atoms with Crippen LogP contribution in [0.5, 0.6) is 5.75 Å². The van der Waals surface area contributed by atoms with Crippen molar-refractivity contribution in [1.82, 2.24) is 15.3 Å². The second kappa shape index (κ2) is 10.4. The molecule has 0 amide bonds. The monoisotopic (exact) mass is 451 g/mol. The first-order valence-electron chi connectivity index (χ1n) is 11.5. The number of nitrogens with one attached hydrogen (secondary N) is 2. The van der Waals surface area contributed by atoms with E-state index in [-0.39, 0.29) is 18.8 Å². The second-order valence-corrected chi connectivity index (χ2v) is 8.88. The number of rotatable bonds is 9. The largest absolute Gasteiger partial charge is 0.491 e. The SMILES string of the molecule is CNCC(O)COc1cccc(-c2nc(N[C@@H]3CC[C@@H](O)C3)cc(C3=C(C)CN=C3C)n2)c1. The zero-order valence-electron chi connectivity index (χ0n) is 19.5. The number of benzene rings is 1. The lowest BCUT2D eigenvalue weighted by atomic mass is 10.0. The van der Waals surface area contributed by atoms with Crippen molar-refractivity contribution in [3.63, 3.8) is 0 Å². The molecule has 1 fully saturated rings. The summed E-state index contributed by atoms with van der Waals surface area (Å²) in [6.07, 6.45) is 1.59. The number of aromatic nitrogens is 2. The molecule has 0 spiro atoms. The van der Waals surface area contributed by atoms with Gasteiger partial charge >= 0.3 is 0 Å². The fraction of sp³-hybridized carbons (Fsp3) is 0.480. The molecule has 4 rings (SSSR count). The number of aliphatic hydroxyl groups excluding tert-OH is 2. The highest BCUT2D eigenvalue weighted by Gasteiger charge is 2.24. The van der Waals surface area contributed by atoms with E-state index in [1.807, 2.05) is 37.3 Å². The normalized spacial score (nSPS) is 21.3. The van der Waals surface area contributed by atoms with E-state index in [0.29, 0.717) is 24.7 Å². The van der Waals surface area contributed by atoms with Gasteiger partial charge in [-0.3, -0.25) is 4.99 Å². The summed E-state index contributed by atoms with van der Waals surface area (Å²) in [5, 5.41) is 26.3. The van der Waals surface area contributed by atoms with Crippen LogP contribution in [0.15, 0.2) is 40.9 Å². The van der Waals surface area contributed by atoms with Crippen LogP contribution >= 0.6 is 0 Å². The van der Waals surface area contributed by atoms with Gasteiger partial charge in [-0.15, -0.1) is 0 Å². The highest BCUT2D eigenvalue weighted by molar-refractivity contribution is 6.24. The van der Waals surface area contributed by atoms with E-state index >= 15 is 0 Å². The smallest absolute Gasteiger partial charge is 0.162 e. The summed E-state index contributed by atoms with van der Waals surface area (Å²) in [4.78, 5) is 14.3. The minimum atomic E-state index is -0.588.